The number of benzene rings is 2. The average Bonchev–Trinajstić information content (AvgIpc) is 3.71. The van der Waals surface area contributed by atoms with E-state index in [2.05, 4.69) is 42.6 Å². The maximum atomic E-state index is 14.7. The van der Waals surface area contributed by atoms with Crippen molar-refractivity contribution in [2.75, 3.05) is 39.0 Å². The normalized spacial score (nSPS) is 13.6. The standard InChI is InChI=1S/C36H41FN8/c1-23-8-9-26(28-12-25(19-40-20-28)18-39-17-24-6-4-5-7-24)15-31(23)34(38)36-43-33-22-41-21-32(35(33)44-36)27-13-29(37)16-30(14-27)42-10-11-45(2)3/h8-9,12-16,19-22,24,38-39,42H,4-7,10-11,17-18H2,1-3H3,(H,43,44). The lowest BCUT2D eigenvalue weighted by Crippen LogP contribution is -2.20. The minimum absolute atomic E-state index is 0.282. The van der Waals surface area contributed by atoms with E-state index in [1.54, 1.807) is 12.4 Å². The number of aromatic nitrogens is 4. The fourth-order valence-electron chi connectivity index (χ4n) is 6.11. The van der Waals surface area contributed by atoms with Crippen LogP contribution in [-0.2, 0) is 6.54 Å². The van der Waals surface area contributed by atoms with Gasteiger partial charge in [0.1, 0.15) is 11.5 Å². The number of fused-ring (bicyclic) bond motifs is 1. The molecule has 0 spiro atoms. The van der Waals surface area contributed by atoms with Crippen molar-refractivity contribution in [2.24, 2.45) is 5.92 Å². The molecule has 0 aliphatic heterocycles. The highest BCUT2D eigenvalue weighted by molar-refractivity contribution is 6.11. The molecule has 2 aromatic carbocycles. The molecule has 0 atom stereocenters. The Morgan fingerprint density at radius 2 is 1.80 bits per heavy atom. The molecule has 6 rings (SSSR count). The zero-order chi connectivity index (χ0) is 31.3. The molecular weight excluding hydrogens is 563 g/mol. The number of halogens is 1. The van der Waals surface area contributed by atoms with Crippen LogP contribution < -0.4 is 10.6 Å². The lowest BCUT2D eigenvalue weighted by molar-refractivity contribution is 0.425. The monoisotopic (exact) mass is 604 g/mol. The number of hydrogen-bond acceptors (Lipinski definition) is 7. The Labute approximate surface area is 264 Å². The summed E-state index contributed by atoms with van der Waals surface area (Å²) in [5, 5.41) is 16.1. The van der Waals surface area contributed by atoms with Crippen LogP contribution in [0.25, 0.3) is 33.3 Å². The second-order valence-corrected chi connectivity index (χ2v) is 12.4. The molecule has 0 saturated heterocycles. The summed E-state index contributed by atoms with van der Waals surface area (Å²) in [6, 6.07) is 13.2. The summed E-state index contributed by atoms with van der Waals surface area (Å²) in [5.74, 6) is 0.887. The van der Waals surface area contributed by atoms with Crippen LogP contribution in [0.4, 0.5) is 10.1 Å². The van der Waals surface area contributed by atoms with Gasteiger partial charge in [-0.15, -0.1) is 0 Å². The molecule has 3 heterocycles. The van der Waals surface area contributed by atoms with Gasteiger partial charge in [0, 0.05) is 60.6 Å². The molecule has 0 radical (unpaired) electrons. The molecule has 3 aromatic heterocycles. The second-order valence-electron chi connectivity index (χ2n) is 12.4. The lowest BCUT2D eigenvalue weighted by Gasteiger charge is -2.12. The van der Waals surface area contributed by atoms with Gasteiger partial charge >= 0.3 is 0 Å². The Balaban J connectivity index is 1.24. The number of pyridine rings is 2. The number of aromatic amines is 1. The molecular formula is C36H41FN8. The number of hydrogen-bond donors (Lipinski definition) is 4. The third kappa shape index (κ3) is 7.27. The largest absolute Gasteiger partial charge is 0.384 e. The number of aryl methyl sites for hydroxylation is 1. The van der Waals surface area contributed by atoms with E-state index in [1.165, 1.54) is 37.8 Å². The SMILES string of the molecule is Cc1ccc(-c2cncc(CNCC3CCCC3)c2)cc1C(=N)c1nc2c(-c3cc(F)cc(NCCN(C)C)c3)cncc2[nH]1. The van der Waals surface area contributed by atoms with Crippen LogP contribution >= 0.6 is 0 Å². The first-order valence-corrected chi connectivity index (χ1v) is 15.7. The van der Waals surface area contributed by atoms with Gasteiger partial charge in [-0.1, -0.05) is 25.0 Å². The third-order valence-electron chi connectivity index (χ3n) is 8.60. The number of nitrogens with zero attached hydrogens (tertiary/aromatic N) is 4. The van der Waals surface area contributed by atoms with E-state index < -0.39 is 0 Å². The molecule has 232 valence electrons. The molecule has 1 aliphatic carbocycles. The zero-order valence-electron chi connectivity index (χ0n) is 26.3. The Hall–Kier alpha value is -4.47. The van der Waals surface area contributed by atoms with Crippen LogP contribution in [-0.4, -0.2) is 64.3 Å². The van der Waals surface area contributed by atoms with E-state index in [1.807, 2.05) is 51.6 Å². The quantitative estimate of drug-likeness (QED) is 0.117. The van der Waals surface area contributed by atoms with Crippen LogP contribution in [0.2, 0.25) is 0 Å². The van der Waals surface area contributed by atoms with E-state index in [4.69, 9.17) is 10.4 Å². The molecule has 4 N–H and O–H groups in total. The van der Waals surface area contributed by atoms with Crippen LogP contribution in [0, 0.1) is 24.1 Å². The third-order valence-corrected chi connectivity index (χ3v) is 8.60. The summed E-state index contributed by atoms with van der Waals surface area (Å²) in [6.45, 7) is 5.37. The van der Waals surface area contributed by atoms with Crippen molar-refractivity contribution in [3.05, 3.63) is 95.6 Å². The first-order valence-electron chi connectivity index (χ1n) is 15.7. The number of likely N-dealkylation sites (N-methyl/N-ethyl adjacent to an activating group) is 1. The van der Waals surface area contributed by atoms with Crippen molar-refractivity contribution in [3.63, 3.8) is 0 Å². The minimum atomic E-state index is -0.337. The van der Waals surface area contributed by atoms with Gasteiger partial charge < -0.3 is 20.5 Å². The average molecular weight is 605 g/mol. The summed E-state index contributed by atoms with van der Waals surface area (Å²) >= 11 is 0. The number of imidazole rings is 1. The van der Waals surface area contributed by atoms with Gasteiger partial charge in [-0.3, -0.25) is 15.4 Å². The van der Waals surface area contributed by atoms with E-state index in [0.717, 1.165) is 53.4 Å². The topological polar surface area (TPSA) is 106 Å². The number of rotatable bonds is 12. The summed E-state index contributed by atoms with van der Waals surface area (Å²) in [7, 11) is 4.00. The first-order chi connectivity index (χ1) is 21.8. The summed E-state index contributed by atoms with van der Waals surface area (Å²) in [6.07, 6.45) is 12.5. The van der Waals surface area contributed by atoms with Crippen molar-refractivity contribution in [2.45, 2.75) is 39.2 Å². The molecule has 0 bridgehead atoms. The highest BCUT2D eigenvalue weighted by Crippen LogP contribution is 2.31. The number of H-pyrrole nitrogens is 1. The molecule has 45 heavy (non-hydrogen) atoms. The predicted molar refractivity (Wildman–Crippen MR) is 180 cm³/mol. The van der Waals surface area contributed by atoms with E-state index in [0.29, 0.717) is 40.2 Å². The van der Waals surface area contributed by atoms with Gasteiger partial charge in [0.2, 0.25) is 0 Å². The van der Waals surface area contributed by atoms with Gasteiger partial charge in [-0.2, -0.15) is 0 Å². The van der Waals surface area contributed by atoms with Crippen molar-refractivity contribution in [1.82, 2.24) is 30.2 Å². The van der Waals surface area contributed by atoms with Gasteiger partial charge in [0.05, 0.1) is 17.2 Å². The smallest absolute Gasteiger partial charge is 0.157 e. The van der Waals surface area contributed by atoms with Crippen LogP contribution in [0.1, 0.15) is 48.2 Å². The fourth-order valence-corrected chi connectivity index (χ4v) is 6.11. The van der Waals surface area contributed by atoms with Crippen molar-refractivity contribution >= 4 is 22.4 Å². The number of anilines is 1. The Kier molecular flexibility index (Phi) is 9.28. The fraction of sp³-hybridized carbons (Fsp3) is 0.333. The van der Waals surface area contributed by atoms with E-state index >= 15 is 0 Å². The molecule has 1 saturated carbocycles. The van der Waals surface area contributed by atoms with Crippen molar-refractivity contribution < 1.29 is 4.39 Å². The van der Waals surface area contributed by atoms with Gasteiger partial charge in [-0.25, -0.2) is 9.37 Å². The Morgan fingerprint density at radius 1 is 0.978 bits per heavy atom. The molecule has 1 aliphatic rings. The maximum absolute atomic E-state index is 14.7. The van der Waals surface area contributed by atoms with Gasteiger partial charge in [0.15, 0.2) is 5.82 Å². The molecule has 0 amide bonds. The van der Waals surface area contributed by atoms with Crippen LogP contribution in [0.5, 0.6) is 0 Å². The zero-order valence-corrected chi connectivity index (χ0v) is 26.3. The maximum Gasteiger partial charge on any atom is 0.157 e. The highest BCUT2D eigenvalue weighted by Gasteiger charge is 2.18. The van der Waals surface area contributed by atoms with Crippen molar-refractivity contribution in [1.29, 1.82) is 5.41 Å². The molecule has 0 unspecified atom stereocenters. The van der Waals surface area contributed by atoms with E-state index in [9.17, 15) is 4.39 Å². The van der Waals surface area contributed by atoms with Crippen LogP contribution in [0.3, 0.4) is 0 Å². The molecule has 9 heteroatoms. The molecule has 1 fully saturated rings. The first kappa shape index (κ1) is 30.6. The molecule has 8 nitrogen and oxygen atoms in total. The van der Waals surface area contributed by atoms with Crippen molar-refractivity contribution in [3.8, 4) is 22.3 Å². The Bertz CT molecular complexity index is 1800. The van der Waals surface area contributed by atoms with Gasteiger partial charge in [-0.05, 0) is 98.9 Å². The van der Waals surface area contributed by atoms with E-state index in [-0.39, 0.29) is 11.5 Å². The van der Waals surface area contributed by atoms with Gasteiger partial charge in [0.25, 0.3) is 0 Å². The molecule has 5 aromatic rings. The predicted octanol–water partition coefficient (Wildman–Crippen LogP) is 6.80. The highest BCUT2D eigenvalue weighted by atomic mass is 19.1. The summed E-state index contributed by atoms with van der Waals surface area (Å²) in [5.41, 5.74) is 8.60. The summed E-state index contributed by atoms with van der Waals surface area (Å²) < 4.78 is 14.7. The lowest BCUT2D eigenvalue weighted by atomic mass is 9.97. The summed E-state index contributed by atoms with van der Waals surface area (Å²) in [4.78, 5) is 19.1. The minimum Gasteiger partial charge on any atom is -0.384 e. The second kappa shape index (κ2) is 13.7. The van der Waals surface area contributed by atoms with Crippen LogP contribution in [0.15, 0.2) is 67.3 Å². The number of nitrogens with one attached hydrogen (secondary N) is 4. The Morgan fingerprint density at radius 3 is 2.62 bits per heavy atom.